The Morgan fingerprint density at radius 3 is 2.33 bits per heavy atom. The minimum Gasteiger partial charge on any atom is -0.289 e. The number of hydrogen-bond donors (Lipinski definition) is 0. The average molecular weight is 355 g/mol. The molecule has 0 aliphatic rings. The second-order valence-corrected chi connectivity index (χ2v) is 5.21. The molecule has 1 nitrogen and oxygen atoms in total. The first-order valence-corrected chi connectivity index (χ1v) is 6.81. The number of carbonyl (C=O) groups is 1. The predicted molar refractivity (Wildman–Crippen MR) is 79.0 cm³/mol. The molecule has 0 N–H and O–H groups in total. The summed E-state index contributed by atoms with van der Waals surface area (Å²) in [6, 6.07) is 12.4. The first kappa shape index (κ1) is 15.5. The van der Waals surface area contributed by atoms with Crippen molar-refractivity contribution in [2.75, 3.05) is 0 Å². The van der Waals surface area contributed by atoms with Crippen LogP contribution in [0.2, 0.25) is 0 Å². The normalized spacial score (nSPS) is 11.8. The van der Waals surface area contributed by atoms with Gasteiger partial charge in [-0.15, -0.1) is 0 Å². The van der Waals surface area contributed by atoms with E-state index < -0.39 is 17.5 Å². The first-order chi connectivity index (χ1) is 9.88. The summed E-state index contributed by atoms with van der Waals surface area (Å²) >= 11 is 2.98. The van der Waals surface area contributed by atoms with Crippen LogP contribution < -0.4 is 0 Å². The fraction of sp³-hybridized carbons (Fsp3) is 0.0625. The van der Waals surface area contributed by atoms with Crippen LogP contribution in [0.15, 0.2) is 59.1 Å². The fourth-order valence-corrected chi connectivity index (χ4v) is 2.15. The maximum atomic E-state index is 13.0. The molecule has 108 valence electrons. The van der Waals surface area contributed by atoms with Crippen LogP contribution in [-0.4, -0.2) is 5.78 Å². The van der Waals surface area contributed by atoms with Gasteiger partial charge in [0.1, 0.15) is 0 Å². The molecule has 0 bridgehead atoms. The number of hydrogen-bond acceptors (Lipinski definition) is 1. The lowest BCUT2D eigenvalue weighted by Crippen LogP contribution is -2.12. The van der Waals surface area contributed by atoms with E-state index in [-0.39, 0.29) is 10.0 Å². The van der Waals surface area contributed by atoms with E-state index in [0.717, 1.165) is 17.7 Å². The Kier molecular flexibility index (Phi) is 4.63. The van der Waals surface area contributed by atoms with E-state index in [9.17, 15) is 18.0 Å². The Labute approximate surface area is 128 Å². The Morgan fingerprint density at radius 1 is 1.05 bits per heavy atom. The van der Waals surface area contributed by atoms with E-state index in [1.54, 1.807) is 24.3 Å². The van der Waals surface area contributed by atoms with Crippen molar-refractivity contribution < 1.29 is 18.0 Å². The zero-order chi connectivity index (χ0) is 15.5. The zero-order valence-electron chi connectivity index (χ0n) is 10.7. The van der Waals surface area contributed by atoms with E-state index in [2.05, 4.69) is 15.9 Å². The van der Waals surface area contributed by atoms with Crippen LogP contribution in [0.4, 0.5) is 13.2 Å². The van der Waals surface area contributed by atoms with Crippen molar-refractivity contribution in [3.8, 4) is 0 Å². The molecule has 0 saturated heterocycles. The molecular weight excluding hydrogens is 345 g/mol. The van der Waals surface area contributed by atoms with Crippen molar-refractivity contribution >= 4 is 27.8 Å². The number of carbonyl (C=O) groups excluding carboxylic acids is 1. The molecule has 0 heterocycles. The van der Waals surface area contributed by atoms with Crippen molar-refractivity contribution in [1.82, 2.24) is 0 Å². The number of halogens is 4. The number of rotatable bonds is 3. The molecule has 0 fully saturated rings. The van der Waals surface area contributed by atoms with Gasteiger partial charge in [-0.25, -0.2) is 0 Å². The van der Waals surface area contributed by atoms with Gasteiger partial charge in [0, 0.05) is 10.0 Å². The van der Waals surface area contributed by atoms with Crippen molar-refractivity contribution in [2.24, 2.45) is 0 Å². The number of alkyl halides is 3. The van der Waals surface area contributed by atoms with Crippen molar-refractivity contribution in [3.05, 3.63) is 75.8 Å². The monoisotopic (exact) mass is 354 g/mol. The molecule has 0 spiro atoms. The standard InChI is InChI=1S/C16H10BrF3O/c17-12-7-8-13(14(10-12)16(18,19)20)15(21)9-6-11-4-2-1-3-5-11/h1-10H/b9-6+. The van der Waals surface area contributed by atoms with Gasteiger partial charge in [0.25, 0.3) is 0 Å². The number of allylic oxidation sites excluding steroid dienone is 1. The molecule has 0 atom stereocenters. The molecule has 0 aliphatic carbocycles. The SMILES string of the molecule is O=C(/C=C/c1ccccc1)c1ccc(Br)cc1C(F)(F)F. The van der Waals surface area contributed by atoms with Crippen LogP contribution in [0.1, 0.15) is 21.5 Å². The lowest BCUT2D eigenvalue weighted by Gasteiger charge is -2.11. The van der Waals surface area contributed by atoms with E-state index >= 15 is 0 Å². The van der Waals surface area contributed by atoms with Gasteiger partial charge in [0.05, 0.1) is 5.56 Å². The van der Waals surface area contributed by atoms with Crippen LogP contribution in [0.5, 0.6) is 0 Å². The second-order valence-electron chi connectivity index (χ2n) is 4.30. The average Bonchev–Trinajstić information content (AvgIpc) is 2.45. The highest BCUT2D eigenvalue weighted by atomic mass is 79.9. The Morgan fingerprint density at radius 2 is 1.71 bits per heavy atom. The largest absolute Gasteiger partial charge is 0.417 e. The Hall–Kier alpha value is -1.88. The highest BCUT2D eigenvalue weighted by Crippen LogP contribution is 2.34. The highest BCUT2D eigenvalue weighted by Gasteiger charge is 2.34. The molecule has 0 saturated carbocycles. The topological polar surface area (TPSA) is 17.1 Å². The van der Waals surface area contributed by atoms with Crippen molar-refractivity contribution in [1.29, 1.82) is 0 Å². The van der Waals surface area contributed by atoms with Crippen LogP contribution in [0.25, 0.3) is 6.08 Å². The molecule has 2 aromatic rings. The summed E-state index contributed by atoms with van der Waals surface area (Å²) in [5.41, 5.74) is -0.561. The lowest BCUT2D eigenvalue weighted by molar-refractivity contribution is -0.137. The Bertz CT molecular complexity index is 676. The van der Waals surface area contributed by atoms with Gasteiger partial charge >= 0.3 is 6.18 Å². The van der Waals surface area contributed by atoms with Crippen molar-refractivity contribution in [3.63, 3.8) is 0 Å². The molecular formula is C16H10BrF3O. The molecule has 0 radical (unpaired) electrons. The zero-order valence-corrected chi connectivity index (χ0v) is 12.3. The van der Waals surface area contributed by atoms with Crippen LogP contribution in [0, 0.1) is 0 Å². The van der Waals surface area contributed by atoms with Gasteiger partial charge in [0.15, 0.2) is 5.78 Å². The number of ketones is 1. The lowest BCUT2D eigenvalue weighted by atomic mass is 10.0. The molecule has 0 aliphatic heterocycles. The van der Waals surface area contributed by atoms with Crippen LogP contribution in [-0.2, 0) is 6.18 Å². The highest BCUT2D eigenvalue weighted by molar-refractivity contribution is 9.10. The van der Waals surface area contributed by atoms with Gasteiger partial charge in [-0.2, -0.15) is 13.2 Å². The quantitative estimate of drug-likeness (QED) is 0.535. The molecule has 2 aromatic carbocycles. The third-order valence-electron chi connectivity index (χ3n) is 2.78. The third kappa shape index (κ3) is 4.04. The van der Waals surface area contributed by atoms with Gasteiger partial charge in [0.2, 0.25) is 0 Å². The molecule has 21 heavy (non-hydrogen) atoms. The smallest absolute Gasteiger partial charge is 0.289 e. The summed E-state index contributed by atoms with van der Waals surface area (Å²) in [6.07, 6.45) is -1.94. The molecule has 5 heteroatoms. The minimum atomic E-state index is -4.57. The van der Waals surface area contributed by atoms with Crippen molar-refractivity contribution in [2.45, 2.75) is 6.18 Å². The summed E-state index contributed by atoms with van der Waals surface area (Å²) in [5, 5.41) is 0. The van der Waals surface area contributed by atoms with Gasteiger partial charge in [-0.05, 0) is 29.8 Å². The van der Waals surface area contributed by atoms with E-state index in [4.69, 9.17) is 0 Å². The second kappa shape index (κ2) is 6.26. The molecule has 0 amide bonds. The summed E-state index contributed by atoms with van der Waals surface area (Å²) in [7, 11) is 0. The van der Waals surface area contributed by atoms with E-state index in [0.29, 0.717) is 0 Å². The van der Waals surface area contributed by atoms with Crippen LogP contribution >= 0.6 is 15.9 Å². The summed E-state index contributed by atoms with van der Waals surface area (Å²) < 4.78 is 39.1. The molecule has 2 rings (SSSR count). The van der Waals surface area contributed by atoms with Gasteiger partial charge in [-0.3, -0.25) is 4.79 Å². The predicted octanol–water partition coefficient (Wildman–Crippen LogP) is 5.36. The maximum Gasteiger partial charge on any atom is 0.417 e. The van der Waals surface area contributed by atoms with Gasteiger partial charge < -0.3 is 0 Å². The third-order valence-corrected chi connectivity index (χ3v) is 3.27. The van der Waals surface area contributed by atoms with E-state index in [1.807, 2.05) is 6.07 Å². The summed E-state index contributed by atoms with van der Waals surface area (Å²) in [5.74, 6) is -0.682. The van der Waals surface area contributed by atoms with Gasteiger partial charge in [-0.1, -0.05) is 52.3 Å². The summed E-state index contributed by atoms with van der Waals surface area (Å²) in [6.45, 7) is 0. The fourth-order valence-electron chi connectivity index (χ4n) is 1.79. The first-order valence-electron chi connectivity index (χ1n) is 6.02. The summed E-state index contributed by atoms with van der Waals surface area (Å²) in [4.78, 5) is 12.0. The molecule has 0 aromatic heterocycles. The Balaban J connectivity index is 2.34. The molecule has 0 unspecified atom stereocenters. The minimum absolute atomic E-state index is 0.276. The van der Waals surface area contributed by atoms with E-state index in [1.165, 1.54) is 18.2 Å². The van der Waals surface area contributed by atoms with Crippen LogP contribution in [0.3, 0.4) is 0 Å². The maximum absolute atomic E-state index is 13.0. The number of benzene rings is 2.